The highest BCUT2D eigenvalue weighted by molar-refractivity contribution is 7.98. The van der Waals surface area contributed by atoms with E-state index < -0.39 is 0 Å². The molecule has 0 aliphatic rings. The molecule has 84 valence electrons. The molecule has 0 unspecified atom stereocenters. The van der Waals surface area contributed by atoms with Crippen molar-refractivity contribution >= 4 is 17.4 Å². The van der Waals surface area contributed by atoms with Crippen LogP contribution in [0.4, 0.5) is 10.1 Å². The molecule has 1 aromatic carbocycles. The summed E-state index contributed by atoms with van der Waals surface area (Å²) in [4.78, 5) is 2.14. The number of anilines is 1. The molecule has 0 atom stereocenters. The van der Waals surface area contributed by atoms with Crippen molar-refractivity contribution in [3.8, 4) is 0 Å². The minimum Gasteiger partial charge on any atom is -0.396 e. The van der Waals surface area contributed by atoms with Crippen LogP contribution in [0.1, 0.15) is 5.56 Å². The summed E-state index contributed by atoms with van der Waals surface area (Å²) in [6.45, 7) is 1.04. The molecule has 0 radical (unpaired) electrons. The van der Waals surface area contributed by atoms with Gasteiger partial charge in [0.1, 0.15) is 5.82 Å². The van der Waals surface area contributed by atoms with Crippen LogP contribution in [-0.2, 0) is 5.75 Å². The highest BCUT2D eigenvalue weighted by Gasteiger charge is 2.00. The van der Waals surface area contributed by atoms with E-state index in [0.717, 1.165) is 23.6 Å². The molecule has 0 saturated heterocycles. The number of nitrogens with two attached hydrogens (primary N) is 1. The second-order valence-corrected chi connectivity index (χ2v) is 4.82. The number of thioether (sulfide) groups is 1. The molecule has 0 bridgehead atoms. The Bertz CT molecular complexity index is 315. The Labute approximate surface area is 94.6 Å². The van der Waals surface area contributed by atoms with E-state index in [2.05, 4.69) is 4.90 Å². The Morgan fingerprint density at radius 1 is 1.40 bits per heavy atom. The van der Waals surface area contributed by atoms with Crippen LogP contribution in [0.25, 0.3) is 0 Å². The Morgan fingerprint density at radius 3 is 2.73 bits per heavy atom. The normalized spacial score (nSPS) is 10.9. The lowest BCUT2D eigenvalue weighted by Gasteiger charge is -2.08. The standard InChI is InChI=1S/C11H17FN2S/c1-14(2)5-6-15-8-9-3-4-11(13)10(12)7-9/h3-4,7H,5-6,8,13H2,1-2H3. The number of halogens is 1. The molecule has 1 aromatic rings. The van der Waals surface area contributed by atoms with Crippen LogP contribution in [-0.4, -0.2) is 31.3 Å². The van der Waals surface area contributed by atoms with Crippen molar-refractivity contribution in [2.24, 2.45) is 0 Å². The second-order valence-electron chi connectivity index (χ2n) is 3.71. The van der Waals surface area contributed by atoms with Gasteiger partial charge in [0, 0.05) is 18.1 Å². The summed E-state index contributed by atoms with van der Waals surface area (Å²) in [5.41, 5.74) is 6.61. The monoisotopic (exact) mass is 228 g/mol. The molecule has 0 amide bonds. The third kappa shape index (κ3) is 4.53. The van der Waals surface area contributed by atoms with Crippen LogP contribution in [0.5, 0.6) is 0 Å². The smallest absolute Gasteiger partial charge is 0.146 e. The maximum absolute atomic E-state index is 13.1. The van der Waals surface area contributed by atoms with Gasteiger partial charge in [0.05, 0.1) is 5.69 Å². The number of rotatable bonds is 5. The molecule has 0 fully saturated rings. The molecule has 4 heteroatoms. The maximum atomic E-state index is 13.1. The van der Waals surface area contributed by atoms with Gasteiger partial charge in [-0.15, -0.1) is 0 Å². The third-order valence-corrected chi connectivity index (χ3v) is 3.03. The van der Waals surface area contributed by atoms with Gasteiger partial charge in [-0.1, -0.05) is 6.07 Å². The zero-order valence-corrected chi connectivity index (χ0v) is 9.98. The molecular formula is C11H17FN2S. The fraction of sp³-hybridized carbons (Fsp3) is 0.455. The van der Waals surface area contributed by atoms with E-state index in [9.17, 15) is 4.39 Å². The zero-order valence-electron chi connectivity index (χ0n) is 9.16. The summed E-state index contributed by atoms with van der Waals surface area (Å²) < 4.78 is 13.1. The summed E-state index contributed by atoms with van der Waals surface area (Å²) in [6.07, 6.45) is 0. The molecule has 2 nitrogen and oxygen atoms in total. The quantitative estimate of drug-likeness (QED) is 0.619. The fourth-order valence-corrected chi connectivity index (χ4v) is 2.15. The van der Waals surface area contributed by atoms with Gasteiger partial charge in [-0.05, 0) is 31.8 Å². The number of hydrogen-bond donors (Lipinski definition) is 1. The molecule has 0 aliphatic heterocycles. The van der Waals surface area contributed by atoms with Gasteiger partial charge in [0.25, 0.3) is 0 Å². The van der Waals surface area contributed by atoms with Gasteiger partial charge >= 0.3 is 0 Å². The minimum atomic E-state index is -0.319. The molecule has 0 aliphatic carbocycles. The first-order chi connectivity index (χ1) is 7.09. The lowest BCUT2D eigenvalue weighted by molar-refractivity contribution is 0.437. The summed E-state index contributed by atoms with van der Waals surface area (Å²) in [5, 5.41) is 0. The van der Waals surface area contributed by atoms with E-state index in [4.69, 9.17) is 5.73 Å². The summed E-state index contributed by atoms with van der Waals surface area (Å²) in [5.74, 6) is 1.57. The predicted octanol–water partition coefficient (Wildman–Crippen LogP) is 2.20. The second kappa shape index (κ2) is 5.98. The Kier molecular flexibility index (Phi) is 4.91. The van der Waals surface area contributed by atoms with Crippen molar-refractivity contribution in [3.63, 3.8) is 0 Å². The van der Waals surface area contributed by atoms with Gasteiger partial charge < -0.3 is 10.6 Å². The zero-order chi connectivity index (χ0) is 11.3. The topological polar surface area (TPSA) is 29.3 Å². The summed E-state index contributed by atoms with van der Waals surface area (Å²) in [7, 11) is 4.09. The van der Waals surface area contributed by atoms with Crippen molar-refractivity contribution in [2.75, 3.05) is 32.1 Å². The van der Waals surface area contributed by atoms with Crippen molar-refractivity contribution in [3.05, 3.63) is 29.6 Å². The molecule has 1 rings (SSSR count). The molecule has 2 N–H and O–H groups in total. The van der Waals surface area contributed by atoms with Gasteiger partial charge in [-0.2, -0.15) is 11.8 Å². The molecule has 0 heterocycles. The van der Waals surface area contributed by atoms with E-state index in [-0.39, 0.29) is 11.5 Å². The Hall–Kier alpha value is -0.740. The molecule has 15 heavy (non-hydrogen) atoms. The van der Waals surface area contributed by atoms with Gasteiger partial charge in [-0.3, -0.25) is 0 Å². The first kappa shape index (κ1) is 12.3. The van der Waals surface area contributed by atoms with Crippen LogP contribution in [0.3, 0.4) is 0 Å². The largest absolute Gasteiger partial charge is 0.396 e. The number of benzene rings is 1. The maximum Gasteiger partial charge on any atom is 0.146 e. The number of nitrogen functional groups attached to an aromatic ring is 1. The lowest BCUT2D eigenvalue weighted by Crippen LogP contribution is -2.14. The first-order valence-electron chi connectivity index (χ1n) is 4.86. The van der Waals surface area contributed by atoms with Gasteiger partial charge in [0.15, 0.2) is 0 Å². The van der Waals surface area contributed by atoms with Crippen molar-refractivity contribution in [2.45, 2.75) is 5.75 Å². The van der Waals surface area contributed by atoms with E-state index >= 15 is 0 Å². The van der Waals surface area contributed by atoms with Gasteiger partial charge in [-0.25, -0.2) is 4.39 Å². The van der Waals surface area contributed by atoms with Crippen molar-refractivity contribution in [1.29, 1.82) is 0 Å². The van der Waals surface area contributed by atoms with E-state index in [0.29, 0.717) is 0 Å². The summed E-state index contributed by atoms with van der Waals surface area (Å²) in [6, 6.07) is 5.01. The van der Waals surface area contributed by atoms with Crippen LogP contribution < -0.4 is 5.73 Å². The highest BCUT2D eigenvalue weighted by atomic mass is 32.2. The van der Waals surface area contributed by atoms with E-state index in [1.807, 2.05) is 20.2 Å². The fourth-order valence-electron chi connectivity index (χ4n) is 1.10. The van der Waals surface area contributed by atoms with Crippen LogP contribution in [0.15, 0.2) is 18.2 Å². The first-order valence-corrected chi connectivity index (χ1v) is 6.01. The highest BCUT2D eigenvalue weighted by Crippen LogP contribution is 2.16. The average Bonchev–Trinajstić information content (AvgIpc) is 2.18. The van der Waals surface area contributed by atoms with Crippen LogP contribution in [0.2, 0.25) is 0 Å². The third-order valence-electron chi connectivity index (χ3n) is 2.02. The van der Waals surface area contributed by atoms with Crippen molar-refractivity contribution in [1.82, 2.24) is 4.90 Å². The Balaban J connectivity index is 2.35. The molecule has 0 saturated carbocycles. The van der Waals surface area contributed by atoms with Crippen molar-refractivity contribution < 1.29 is 4.39 Å². The number of hydrogen-bond acceptors (Lipinski definition) is 3. The lowest BCUT2D eigenvalue weighted by atomic mass is 10.2. The minimum absolute atomic E-state index is 0.219. The SMILES string of the molecule is CN(C)CCSCc1ccc(N)c(F)c1. The van der Waals surface area contributed by atoms with Crippen LogP contribution >= 0.6 is 11.8 Å². The Morgan fingerprint density at radius 2 is 2.13 bits per heavy atom. The predicted molar refractivity (Wildman–Crippen MR) is 65.5 cm³/mol. The average molecular weight is 228 g/mol. The molecule has 0 aromatic heterocycles. The van der Waals surface area contributed by atoms with E-state index in [1.54, 1.807) is 17.8 Å². The van der Waals surface area contributed by atoms with Gasteiger partial charge in [0.2, 0.25) is 0 Å². The van der Waals surface area contributed by atoms with E-state index in [1.165, 1.54) is 6.07 Å². The molecule has 0 spiro atoms. The number of nitrogens with zero attached hydrogens (tertiary/aromatic N) is 1. The van der Waals surface area contributed by atoms with Crippen LogP contribution in [0, 0.1) is 5.82 Å². The summed E-state index contributed by atoms with van der Waals surface area (Å²) >= 11 is 1.80. The molecular weight excluding hydrogens is 211 g/mol.